The number of hydrogen-bond acceptors (Lipinski definition) is 0. The summed E-state index contributed by atoms with van der Waals surface area (Å²) in [6, 6.07) is 0. The molecule has 6 heteroatoms. The molecule has 2 atom stereocenters. The molecule has 17 heavy (non-hydrogen) atoms. The summed E-state index contributed by atoms with van der Waals surface area (Å²) in [7, 11) is 0. The van der Waals surface area contributed by atoms with Crippen molar-refractivity contribution in [3.63, 3.8) is 0 Å². The van der Waals surface area contributed by atoms with E-state index in [0.717, 1.165) is 6.92 Å². The van der Waals surface area contributed by atoms with Crippen LogP contribution in [0.15, 0.2) is 0 Å². The molecular formula is C11H18F6. The van der Waals surface area contributed by atoms with Crippen LogP contribution in [0, 0.1) is 10.8 Å². The molecule has 0 rings (SSSR count). The predicted octanol–water partition coefficient (Wildman–Crippen LogP) is 4.98. The maximum atomic E-state index is 14.1. The van der Waals surface area contributed by atoms with Crippen molar-refractivity contribution < 1.29 is 26.3 Å². The van der Waals surface area contributed by atoms with Gasteiger partial charge >= 0.3 is 6.18 Å². The summed E-state index contributed by atoms with van der Waals surface area (Å²) < 4.78 is 77.6. The summed E-state index contributed by atoms with van der Waals surface area (Å²) in [6.07, 6.45) is -10.0. The van der Waals surface area contributed by atoms with Gasteiger partial charge in [-0.25, -0.2) is 13.2 Å². The van der Waals surface area contributed by atoms with Crippen LogP contribution in [0.4, 0.5) is 26.3 Å². The monoisotopic (exact) mass is 264 g/mol. The van der Waals surface area contributed by atoms with Gasteiger partial charge < -0.3 is 0 Å². The van der Waals surface area contributed by atoms with Gasteiger partial charge in [-0.05, 0) is 11.8 Å². The van der Waals surface area contributed by atoms with Crippen LogP contribution in [0.25, 0.3) is 0 Å². The van der Waals surface area contributed by atoms with Gasteiger partial charge in [-0.2, -0.15) is 13.2 Å². The minimum absolute atomic E-state index is 0.336. The summed E-state index contributed by atoms with van der Waals surface area (Å²) in [5, 5.41) is 0. The summed E-state index contributed by atoms with van der Waals surface area (Å²) in [4.78, 5) is 0. The van der Waals surface area contributed by atoms with E-state index in [0.29, 0.717) is 0 Å². The first-order chi connectivity index (χ1) is 7.25. The summed E-state index contributed by atoms with van der Waals surface area (Å²) in [5.74, 6) is 0. The molecule has 0 amide bonds. The predicted molar refractivity (Wildman–Crippen MR) is 53.8 cm³/mol. The maximum absolute atomic E-state index is 14.1. The minimum atomic E-state index is -5.60. The molecule has 0 aromatic carbocycles. The number of hydrogen-bond donors (Lipinski definition) is 0. The molecule has 0 saturated heterocycles. The van der Waals surface area contributed by atoms with Crippen molar-refractivity contribution in [1.29, 1.82) is 0 Å². The fourth-order valence-electron chi connectivity index (χ4n) is 2.01. The van der Waals surface area contributed by atoms with Gasteiger partial charge in [0.2, 0.25) is 0 Å². The lowest BCUT2D eigenvalue weighted by atomic mass is 9.57. The number of alkyl halides is 6. The highest BCUT2D eigenvalue weighted by molar-refractivity contribution is 5.08. The van der Waals surface area contributed by atoms with E-state index >= 15 is 0 Å². The number of halogens is 6. The van der Waals surface area contributed by atoms with E-state index in [1.54, 1.807) is 0 Å². The van der Waals surface area contributed by atoms with Gasteiger partial charge in [-0.1, -0.05) is 34.6 Å². The topological polar surface area (TPSA) is 0 Å². The molecule has 0 nitrogen and oxygen atoms in total. The third-order valence-corrected chi connectivity index (χ3v) is 3.88. The van der Waals surface area contributed by atoms with E-state index in [4.69, 9.17) is 0 Å². The van der Waals surface area contributed by atoms with Crippen LogP contribution in [0.5, 0.6) is 0 Å². The average Bonchev–Trinajstić information content (AvgIpc) is 2.11. The SMILES string of the molecule is CCC(C)(C(C)(C)C)C(F)(C(F)F)C(F)(F)F. The zero-order valence-electron chi connectivity index (χ0n) is 10.6. The Morgan fingerprint density at radius 1 is 0.882 bits per heavy atom. The van der Waals surface area contributed by atoms with Gasteiger partial charge in [0.15, 0.2) is 0 Å². The van der Waals surface area contributed by atoms with Crippen molar-refractivity contribution in [2.24, 2.45) is 10.8 Å². The van der Waals surface area contributed by atoms with Crippen LogP contribution in [-0.2, 0) is 0 Å². The highest BCUT2D eigenvalue weighted by Gasteiger charge is 2.73. The summed E-state index contributed by atoms with van der Waals surface area (Å²) >= 11 is 0. The third kappa shape index (κ3) is 2.27. The zero-order valence-corrected chi connectivity index (χ0v) is 10.6. The van der Waals surface area contributed by atoms with Crippen molar-refractivity contribution >= 4 is 0 Å². The van der Waals surface area contributed by atoms with E-state index in [2.05, 4.69) is 0 Å². The highest BCUT2D eigenvalue weighted by atomic mass is 19.4. The standard InChI is InChI=1S/C11H18F6/c1-6-9(5,8(2,3)4)10(14,7(12)13)11(15,16)17/h7H,6H2,1-5H3. The van der Waals surface area contributed by atoms with Crippen LogP contribution in [0.1, 0.15) is 41.0 Å². The molecule has 0 aromatic rings. The van der Waals surface area contributed by atoms with Crippen LogP contribution in [0.2, 0.25) is 0 Å². The van der Waals surface area contributed by atoms with Crippen molar-refractivity contribution in [3.8, 4) is 0 Å². The van der Waals surface area contributed by atoms with Crippen molar-refractivity contribution in [3.05, 3.63) is 0 Å². The Bertz CT molecular complexity index is 264. The molecule has 0 N–H and O–H groups in total. The Labute approximate surface area is 97.4 Å². The smallest absolute Gasteiger partial charge is 0.227 e. The Morgan fingerprint density at radius 2 is 1.24 bits per heavy atom. The zero-order chi connectivity index (χ0) is 14.3. The van der Waals surface area contributed by atoms with Crippen LogP contribution >= 0.6 is 0 Å². The summed E-state index contributed by atoms with van der Waals surface area (Å²) in [5.41, 5.74) is -7.96. The Hall–Kier alpha value is -0.420. The molecule has 0 aromatic heterocycles. The van der Waals surface area contributed by atoms with E-state index < -0.39 is 29.1 Å². The fraction of sp³-hybridized carbons (Fsp3) is 1.00. The first kappa shape index (κ1) is 16.6. The van der Waals surface area contributed by atoms with Gasteiger partial charge in [-0.3, -0.25) is 0 Å². The van der Waals surface area contributed by atoms with E-state index in [1.807, 2.05) is 0 Å². The molecular weight excluding hydrogens is 246 g/mol. The van der Waals surface area contributed by atoms with Crippen molar-refractivity contribution in [2.45, 2.75) is 59.3 Å². The fourth-order valence-corrected chi connectivity index (χ4v) is 2.01. The van der Waals surface area contributed by atoms with E-state index in [1.165, 1.54) is 27.7 Å². The van der Waals surface area contributed by atoms with Crippen LogP contribution in [-0.4, -0.2) is 18.3 Å². The Morgan fingerprint density at radius 3 is 1.29 bits per heavy atom. The largest absolute Gasteiger partial charge is 0.428 e. The van der Waals surface area contributed by atoms with Crippen molar-refractivity contribution in [2.75, 3.05) is 0 Å². The molecule has 0 aliphatic heterocycles. The van der Waals surface area contributed by atoms with Crippen molar-refractivity contribution in [1.82, 2.24) is 0 Å². The van der Waals surface area contributed by atoms with Crippen LogP contribution in [0.3, 0.4) is 0 Å². The quantitative estimate of drug-likeness (QED) is 0.630. The van der Waals surface area contributed by atoms with E-state index in [-0.39, 0.29) is 6.42 Å². The third-order valence-electron chi connectivity index (χ3n) is 3.88. The molecule has 0 spiro atoms. The maximum Gasteiger partial charge on any atom is 0.428 e. The first-order valence-corrected chi connectivity index (χ1v) is 5.29. The number of rotatable bonds is 3. The molecule has 2 unspecified atom stereocenters. The second kappa shape index (κ2) is 4.35. The lowest BCUT2D eigenvalue weighted by Gasteiger charge is -2.50. The van der Waals surface area contributed by atoms with Gasteiger partial charge in [0.1, 0.15) is 0 Å². The molecule has 0 heterocycles. The molecule has 104 valence electrons. The highest BCUT2D eigenvalue weighted by Crippen LogP contribution is 2.59. The molecule has 0 aliphatic rings. The second-order valence-electron chi connectivity index (χ2n) is 5.45. The molecule has 0 bridgehead atoms. The Kier molecular flexibility index (Phi) is 4.25. The van der Waals surface area contributed by atoms with Gasteiger partial charge in [-0.15, -0.1) is 0 Å². The Balaban J connectivity index is 5.95. The van der Waals surface area contributed by atoms with E-state index in [9.17, 15) is 26.3 Å². The van der Waals surface area contributed by atoms with Gasteiger partial charge in [0.05, 0.1) is 0 Å². The van der Waals surface area contributed by atoms with Crippen LogP contribution < -0.4 is 0 Å². The molecule has 0 saturated carbocycles. The lowest BCUT2D eigenvalue weighted by molar-refractivity contribution is -0.322. The van der Waals surface area contributed by atoms with Gasteiger partial charge in [0.25, 0.3) is 12.1 Å². The molecule has 0 radical (unpaired) electrons. The molecule has 0 aliphatic carbocycles. The second-order valence-corrected chi connectivity index (χ2v) is 5.45. The average molecular weight is 264 g/mol. The molecule has 0 fully saturated rings. The lowest BCUT2D eigenvalue weighted by Crippen LogP contribution is -2.63. The minimum Gasteiger partial charge on any atom is -0.227 e. The normalized spacial score (nSPS) is 21.2. The first-order valence-electron chi connectivity index (χ1n) is 5.29. The summed E-state index contributed by atoms with van der Waals surface area (Å²) in [6.45, 7) is 6.21. The van der Waals surface area contributed by atoms with Gasteiger partial charge in [0, 0.05) is 5.41 Å².